The maximum atomic E-state index is 13.4. The van der Waals surface area contributed by atoms with E-state index in [1.165, 1.54) is 12.1 Å². The van der Waals surface area contributed by atoms with Gasteiger partial charge >= 0.3 is 7.60 Å². The van der Waals surface area contributed by atoms with Crippen molar-refractivity contribution >= 4 is 24.6 Å². The molecule has 0 saturated heterocycles. The van der Waals surface area contributed by atoms with Crippen molar-refractivity contribution in [3.8, 4) is 0 Å². The van der Waals surface area contributed by atoms with E-state index in [4.69, 9.17) is 13.5 Å². The van der Waals surface area contributed by atoms with E-state index in [-0.39, 0.29) is 36.6 Å². The van der Waals surface area contributed by atoms with Crippen LogP contribution in [0, 0.1) is 17.0 Å². The van der Waals surface area contributed by atoms with E-state index in [2.05, 4.69) is 10.3 Å². The molecule has 0 aliphatic carbocycles. The van der Waals surface area contributed by atoms with Crippen molar-refractivity contribution in [3.05, 3.63) is 81.2 Å². The minimum atomic E-state index is -3.70. The lowest BCUT2D eigenvalue weighted by molar-refractivity contribution is -0.384. The number of hydrogen-bond acceptors (Lipinski definition) is 8. The molecule has 0 unspecified atom stereocenters. The zero-order valence-electron chi connectivity index (χ0n) is 18.2. The first kappa shape index (κ1) is 23.7. The molecule has 1 N–H and O–H groups in total. The molecule has 0 saturated carbocycles. The molecule has 1 heterocycles. The van der Waals surface area contributed by atoms with Gasteiger partial charge in [-0.2, -0.15) is 0 Å². The minimum absolute atomic E-state index is 0.000473. The number of hydrogen-bond donors (Lipinski definition) is 1. The Balaban J connectivity index is 1.89. The molecule has 0 bridgehead atoms. The molecule has 170 valence electrons. The van der Waals surface area contributed by atoms with Crippen molar-refractivity contribution in [1.82, 2.24) is 4.98 Å². The van der Waals surface area contributed by atoms with E-state index in [9.17, 15) is 14.7 Å². The van der Waals surface area contributed by atoms with Gasteiger partial charge in [-0.1, -0.05) is 42.0 Å². The van der Waals surface area contributed by atoms with E-state index in [0.717, 1.165) is 16.7 Å². The maximum Gasteiger partial charge on any atom is 0.385 e. The number of nitrogens with one attached hydrogen (secondary N) is 1. The number of nitrogens with zero attached hydrogens (tertiary/aromatic N) is 2. The molecule has 3 rings (SSSR count). The summed E-state index contributed by atoms with van der Waals surface area (Å²) in [5, 5.41) is 14.0. The van der Waals surface area contributed by atoms with E-state index < -0.39 is 12.5 Å². The fourth-order valence-corrected chi connectivity index (χ4v) is 4.64. The molecule has 0 radical (unpaired) electrons. The van der Waals surface area contributed by atoms with Crippen LogP contribution in [0.4, 0.5) is 11.6 Å². The van der Waals surface area contributed by atoms with Gasteiger partial charge < -0.3 is 18.8 Å². The van der Waals surface area contributed by atoms with E-state index >= 15 is 0 Å². The maximum absolute atomic E-state index is 13.4. The first-order chi connectivity index (χ1) is 15.3. The van der Waals surface area contributed by atoms with Crippen LogP contribution in [0.5, 0.6) is 0 Å². The summed E-state index contributed by atoms with van der Waals surface area (Å²) in [7, 11) is -3.70. The van der Waals surface area contributed by atoms with Crippen molar-refractivity contribution in [1.29, 1.82) is 0 Å². The molecule has 10 heteroatoms. The smallest absolute Gasteiger partial charge is 0.385 e. The molecule has 0 atom stereocenters. The summed E-state index contributed by atoms with van der Waals surface area (Å²) >= 11 is 0. The Morgan fingerprint density at radius 1 is 1.03 bits per heavy atom. The number of nitro groups is 1. The van der Waals surface area contributed by atoms with E-state index in [0.29, 0.717) is 12.4 Å². The normalized spacial score (nSPS) is 11.5. The van der Waals surface area contributed by atoms with Crippen LogP contribution in [0.1, 0.15) is 36.4 Å². The highest BCUT2D eigenvalue weighted by atomic mass is 31.2. The SMILES string of the molecule is CCOP(=O)(OCC)c1nc(Cc2ccc([N+](=O)[O-])cc2)oc1NCc1ccc(C)cc1. The summed E-state index contributed by atoms with van der Waals surface area (Å²) in [5.41, 5.74) is 3.01. The van der Waals surface area contributed by atoms with Crippen LogP contribution in [0.25, 0.3) is 0 Å². The molecule has 0 fully saturated rings. The Morgan fingerprint density at radius 2 is 1.62 bits per heavy atom. The zero-order chi connectivity index (χ0) is 23.1. The lowest BCUT2D eigenvalue weighted by Gasteiger charge is -2.15. The third kappa shape index (κ3) is 5.82. The van der Waals surface area contributed by atoms with Crippen molar-refractivity contribution in [3.63, 3.8) is 0 Å². The minimum Gasteiger partial charge on any atom is -0.424 e. The Morgan fingerprint density at radius 3 is 2.19 bits per heavy atom. The first-order valence-corrected chi connectivity index (χ1v) is 11.8. The predicted octanol–water partition coefficient (Wildman–Crippen LogP) is 4.99. The van der Waals surface area contributed by atoms with Gasteiger partial charge in [-0.15, -0.1) is 0 Å². The Bertz CT molecular complexity index is 1090. The monoisotopic (exact) mass is 459 g/mol. The number of aryl methyl sites for hydroxylation is 1. The molecule has 3 aromatic rings. The van der Waals surface area contributed by atoms with Gasteiger partial charge in [0, 0.05) is 25.1 Å². The molecule has 0 aliphatic rings. The lowest BCUT2D eigenvalue weighted by Crippen LogP contribution is -2.16. The van der Waals surface area contributed by atoms with Gasteiger partial charge in [0.15, 0.2) is 0 Å². The van der Waals surface area contributed by atoms with Crippen LogP contribution in [-0.2, 0) is 26.6 Å². The average Bonchev–Trinajstić information content (AvgIpc) is 3.17. The molecule has 0 spiro atoms. The molecule has 9 nitrogen and oxygen atoms in total. The summed E-state index contributed by atoms with van der Waals surface area (Å²) in [5.74, 6) is 0.507. The summed E-state index contributed by atoms with van der Waals surface area (Å²) in [6.07, 6.45) is 0.259. The van der Waals surface area contributed by atoms with Crippen LogP contribution >= 0.6 is 7.60 Å². The molecule has 0 amide bonds. The topological polar surface area (TPSA) is 117 Å². The third-order valence-corrected chi connectivity index (χ3v) is 6.61. The van der Waals surface area contributed by atoms with Gasteiger partial charge in [-0.05, 0) is 31.9 Å². The fraction of sp³-hybridized carbons (Fsp3) is 0.318. The standard InChI is InChI=1S/C22H26N3O6P/c1-4-29-32(28,30-5-2)22-21(23-15-18-8-6-16(3)7-9-18)31-20(24-22)14-17-10-12-19(13-11-17)25(26)27/h6-13,23H,4-5,14-15H2,1-3H3. The van der Waals surface area contributed by atoms with Crippen LogP contribution in [0.3, 0.4) is 0 Å². The van der Waals surface area contributed by atoms with Crippen molar-refractivity contribution in [2.45, 2.75) is 33.7 Å². The average molecular weight is 459 g/mol. The Labute approximate surface area is 186 Å². The molecule has 2 aromatic carbocycles. The largest absolute Gasteiger partial charge is 0.424 e. The number of non-ortho nitro benzene ring substituents is 1. The third-order valence-electron chi connectivity index (χ3n) is 4.59. The van der Waals surface area contributed by atoms with Gasteiger partial charge in [-0.25, -0.2) is 4.98 Å². The number of anilines is 1. The summed E-state index contributed by atoms with van der Waals surface area (Å²) in [6.45, 7) is 6.25. The quantitative estimate of drug-likeness (QED) is 0.242. The van der Waals surface area contributed by atoms with E-state index in [1.54, 1.807) is 26.0 Å². The van der Waals surface area contributed by atoms with Crippen LogP contribution < -0.4 is 10.8 Å². The molecular weight excluding hydrogens is 433 g/mol. The highest BCUT2D eigenvalue weighted by Crippen LogP contribution is 2.48. The second-order valence-electron chi connectivity index (χ2n) is 7.03. The second kappa shape index (κ2) is 10.5. The van der Waals surface area contributed by atoms with Gasteiger partial charge in [0.05, 0.1) is 18.1 Å². The van der Waals surface area contributed by atoms with Crippen molar-refractivity contribution in [2.24, 2.45) is 0 Å². The fourth-order valence-electron chi connectivity index (χ4n) is 3.03. The highest BCUT2D eigenvalue weighted by Gasteiger charge is 2.35. The lowest BCUT2D eigenvalue weighted by atomic mass is 10.1. The Hall–Kier alpha value is -3.00. The predicted molar refractivity (Wildman–Crippen MR) is 121 cm³/mol. The van der Waals surface area contributed by atoms with E-state index in [1.807, 2.05) is 31.2 Å². The summed E-state index contributed by atoms with van der Waals surface area (Å²) in [4.78, 5) is 14.8. The number of benzene rings is 2. The van der Waals surface area contributed by atoms with Crippen LogP contribution in [0.2, 0.25) is 0 Å². The highest BCUT2D eigenvalue weighted by molar-refractivity contribution is 7.62. The number of oxazole rings is 1. The van der Waals surface area contributed by atoms with Crippen molar-refractivity contribution < 1.29 is 23.0 Å². The number of aromatic nitrogens is 1. The molecule has 0 aliphatic heterocycles. The molecular formula is C22H26N3O6P. The second-order valence-corrected chi connectivity index (χ2v) is 8.97. The van der Waals surface area contributed by atoms with Gasteiger partial charge in [0.25, 0.3) is 5.69 Å². The first-order valence-electron chi connectivity index (χ1n) is 10.3. The summed E-state index contributed by atoms with van der Waals surface area (Å²) < 4.78 is 30.2. The zero-order valence-corrected chi connectivity index (χ0v) is 19.1. The number of nitro benzene ring substituents is 1. The molecule has 1 aromatic heterocycles. The van der Waals surface area contributed by atoms with Crippen molar-refractivity contribution in [2.75, 3.05) is 18.5 Å². The van der Waals surface area contributed by atoms with Gasteiger partial charge in [-0.3, -0.25) is 14.7 Å². The van der Waals surface area contributed by atoms with Crippen LogP contribution in [-0.4, -0.2) is 23.1 Å². The number of rotatable bonds is 11. The van der Waals surface area contributed by atoms with Gasteiger partial charge in [0.2, 0.25) is 17.2 Å². The van der Waals surface area contributed by atoms with Crippen LogP contribution in [0.15, 0.2) is 52.9 Å². The summed E-state index contributed by atoms with van der Waals surface area (Å²) in [6, 6.07) is 14.1. The Kier molecular flexibility index (Phi) is 7.80. The van der Waals surface area contributed by atoms with Gasteiger partial charge in [0.1, 0.15) is 0 Å². The molecule has 32 heavy (non-hydrogen) atoms.